The molecule has 0 saturated heterocycles. The van der Waals surface area contributed by atoms with Gasteiger partial charge in [0.05, 0.1) is 0 Å². The number of halogens is 1. The van der Waals surface area contributed by atoms with Gasteiger partial charge in [0.25, 0.3) is 0 Å². The molecule has 0 fully saturated rings. The molecule has 2 nitrogen and oxygen atoms in total. The minimum absolute atomic E-state index is 0. The van der Waals surface area contributed by atoms with Crippen molar-refractivity contribution in [2.45, 2.75) is 0 Å². The second kappa shape index (κ2) is 9.71. The van der Waals surface area contributed by atoms with Crippen LogP contribution in [-0.4, -0.2) is 11.1 Å². The minimum Gasteiger partial charge on any atom is -1.00 e. The zero-order chi connectivity index (χ0) is 4.28. The van der Waals surface area contributed by atoms with Gasteiger partial charge in [0, 0.05) is 6.08 Å². The van der Waals surface area contributed by atoms with Crippen LogP contribution in [0.4, 0.5) is 0 Å². The van der Waals surface area contributed by atoms with Gasteiger partial charge in [-0.1, -0.05) is 6.58 Å². The summed E-state index contributed by atoms with van der Waals surface area (Å²) >= 11 is 0. The van der Waals surface area contributed by atoms with E-state index < -0.39 is 5.97 Å². The third-order valence-corrected chi connectivity index (χ3v) is 0.175. The molecule has 0 spiro atoms. The molecule has 0 aliphatic rings. The van der Waals surface area contributed by atoms with Gasteiger partial charge >= 0.3 is 35.5 Å². The van der Waals surface area contributed by atoms with Crippen molar-refractivity contribution in [2.75, 3.05) is 0 Å². The van der Waals surface area contributed by atoms with E-state index in [-0.39, 0.29) is 42.0 Å². The second-order valence-electron chi connectivity index (χ2n) is 0.542. The van der Waals surface area contributed by atoms with Crippen molar-refractivity contribution in [1.82, 2.24) is 0 Å². The number of rotatable bonds is 1. The summed E-state index contributed by atoms with van der Waals surface area (Å²) in [5, 5.41) is 7.60. The quantitative estimate of drug-likeness (QED) is 0.284. The van der Waals surface area contributed by atoms with E-state index >= 15 is 0 Å². The number of carbonyl (C=O) groups is 1. The van der Waals surface area contributed by atoms with Gasteiger partial charge in [-0.25, -0.2) is 4.79 Å². The predicted molar refractivity (Wildman–Crippen MR) is 17.8 cm³/mol. The summed E-state index contributed by atoms with van der Waals surface area (Å²) in [6, 6.07) is 0. The van der Waals surface area contributed by atoms with Crippen molar-refractivity contribution in [3.8, 4) is 0 Å². The molecule has 4 heteroatoms. The molecule has 0 bridgehead atoms. The molecule has 1 N–H and O–H groups in total. The molecule has 0 aromatic rings. The van der Waals surface area contributed by atoms with Crippen LogP contribution in [0.1, 0.15) is 0 Å². The average Bonchev–Trinajstić information content (AvgIpc) is 1.38. The molecule has 7 heavy (non-hydrogen) atoms. The first-order valence-corrected chi connectivity index (χ1v) is 1.12. The van der Waals surface area contributed by atoms with E-state index in [1.165, 1.54) is 0 Å². The summed E-state index contributed by atoms with van der Waals surface area (Å²) in [5.74, 6) is -0.981. The molecule has 0 radical (unpaired) electrons. The summed E-state index contributed by atoms with van der Waals surface area (Å²) in [5.41, 5.74) is 0. The monoisotopic (exact) mass is 130 g/mol. The molecule has 0 aliphatic heterocycles. The van der Waals surface area contributed by atoms with Gasteiger partial charge in [0.1, 0.15) is 0 Å². The number of carboxylic acid groups (broad SMARTS) is 1. The van der Waals surface area contributed by atoms with Crippen LogP contribution in [0.5, 0.6) is 0 Å². The molecule has 0 heterocycles. The van der Waals surface area contributed by atoms with Crippen molar-refractivity contribution in [3.05, 3.63) is 12.7 Å². The maximum Gasteiger partial charge on any atom is 1.00 e. The Bertz CT molecular complexity index is 64.0. The van der Waals surface area contributed by atoms with Crippen molar-refractivity contribution < 1.29 is 51.9 Å². The SMILES string of the molecule is C=CC(=O)O.[Cl-].[Na+]. The van der Waals surface area contributed by atoms with Crippen LogP contribution in [0, 0.1) is 0 Å². The Hall–Kier alpha value is 0.500. The summed E-state index contributed by atoms with van der Waals surface area (Å²) in [6.07, 6.45) is 0.833. The standard InChI is InChI=1S/C3H4O2.ClH.Na/c1-2-3(4)5;;/h2H,1H2,(H,4,5);1H;/q;;+1/p-1. The summed E-state index contributed by atoms with van der Waals surface area (Å²) in [7, 11) is 0. The maximum atomic E-state index is 9.25. The molecule has 0 aromatic heterocycles. The molecule has 0 aromatic carbocycles. The Labute approximate surface area is 70.3 Å². The second-order valence-corrected chi connectivity index (χ2v) is 0.542. The fourth-order valence-corrected chi connectivity index (χ4v) is 0. The van der Waals surface area contributed by atoms with Crippen LogP contribution >= 0.6 is 0 Å². The van der Waals surface area contributed by atoms with Gasteiger partial charge in [-0.2, -0.15) is 0 Å². The van der Waals surface area contributed by atoms with Gasteiger partial charge in [0.15, 0.2) is 0 Å². The van der Waals surface area contributed by atoms with Crippen molar-refractivity contribution in [3.63, 3.8) is 0 Å². The van der Waals surface area contributed by atoms with Crippen LogP contribution in [0.15, 0.2) is 12.7 Å². The zero-order valence-electron chi connectivity index (χ0n) is 4.02. The Morgan fingerprint density at radius 2 is 1.86 bits per heavy atom. The fourth-order valence-electron chi connectivity index (χ4n) is 0. The molecule has 0 atom stereocenters. The van der Waals surface area contributed by atoms with E-state index in [4.69, 9.17) is 5.11 Å². The largest absolute Gasteiger partial charge is 1.00 e. The first-order valence-electron chi connectivity index (χ1n) is 1.12. The first-order chi connectivity index (χ1) is 2.27. The molecule has 0 saturated carbocycles. The Kier molecular flexibility index (Phi) is 21.7. The molecule has 0 aliphatic carbocycles. The van der Waals surface area contributed by atoms with Gasteiger partial charge < -0.3 is 17.5 Å². The van der Waals surface area contributed by atoms with Gasteiger partial charge in [-0.3, -0.25) is 0 Å². The maximum absolute atomic E-state index is 9.25. The fraction of sp³-hybridized carbons (Fsp3) is 0. The van der Waals surface area contributed by atoms with Crippen molar-refractivity contribution in [2.24, 2.45) is 0 Å². The normalized spacial score (nSPS) is 4.57. The first kappa shape index (κ1) is 15.6. The minimum atomic E-state index is -0.981. The average molecular weight is 131 g/mol. The third kappa shape index (κ3) is 21.1. The van der Waals surface area contributed by atoms with E-state index in [9.17, 15) is 4.79 Å². The molecule has 0 unspecified atom stereocenters. The van der Waals surface area contributed by atoms with Gasteiger partial charge in [0.2, 0.25) is 0 Å². The Balaban J connectivity index is -0.0000000800. The number of aliphatic carboxylic acids is 1. The predicted octanol–water partition coefficient (Wildman–Crippen LogP) is -5.73. The van der Waals surface area contributed by atoms with Crippen LogP contribution < -0.4 is 42.0 Å². The molecular weight excluding hydrogens is 126 g/mol. The third-order valence-electron chi connectivity index (χ3n) is 0.175. The van der Waals surface area contributed by atoms with Crippen molar-refractivity contribution >= 4 is 5.97 Å². The molecular formula is C3H4ClNaO2. The van der Waals surface area contributed by atoms with Crippen LogP contribution in [0.2, 0.25) is 0 Å². The van der Waals surface area contributed by atoms with Crippen LogP contribution in [0.25, 0.3) is 0 Å². The van der Waals surface area contributed by atoms with E-state index in [1.807, 2.05) is 0 Å². The Morgan fingerprint density at radius 3 is 1.86 bits per heavy atom. The molecule has 0 amide bonds. The van der Waals surface area contributed by atoms with E-state index in [2.05, 4.69) is 6.58 Å². The topological polar surface area (TPSA) is 37.3 Å². The number of carboxylic acids is 1. The van der Waals surface area contributed by atoms with Crippen LogP contribution in [0.3, 0.4) is 0 Å². The summed E-state index contributed by atoms with van der Waals surface area (Å²) in [6.45, 7) is 2.96. The molecule has 36 valence electrons. The van der Waals surface area contributed by atoms with Crippen molar-refractivity contribution in [1.29, 1.82) is 0 Å². The zero-order valence-corrected chi connectivity index (χ0v) is 6.77. The van der Waals surface area contributed by atoms with E-state index in [0.717, 1.165) is 6.08 Å². The smallest absolute Gasteiger partial charge is 1.00 e. The Morgan fingerprint density at radius 1 is 1.71 bits per heavy atom. The van der Waals surface area contributed by atoms with E-state index in [1.54, 1.807) is 0 Å². The van der Waals surface area contributed by atoms with E-state index in [0.29, 0.717) is 0 Å². The van der Waals surface area contributed by atoms with Gasteiger partial charge in [-0.05, 0) is 0 Å². The number of hydrogen-bond acceptors (Lipinski definition) is 1. The molecule has 0 rings (SSSR count). The summed E-state index contributed by atoms with van der Waals surface area (Å²) in [4.78, 5) is 9.25. The van der Waals surface area contributed by atoms with Gasteiger partial charge in [-0.15, -0.1) is 0 Å². The number of hydrogen-bond donors (Lipinski definition) is 1. The summed E-state index contributed by atoms with van der Waals surface area (Å²) < 4.78 is 0. The van der Waals surface area contributed by atoms with Crippen LogP contribution in [-0.2, 0) is 4.79 Å².